The molecule has 104 valence electrons. The van der Waals surface area contributed by atoms with Gasteiger partial charge in [-0.15, -0.1) is 0 Å². The van der Waals surface area contributed by atoms with Gasteiger partial charge in [0.05, 0.1) is 11.5 Å². The second kappa shape index (κ2) is 8.62. The molecule has 2 N–H and O–H groups in total. The van der Waals surface area contributed by atoms with Crippen LogP contribution in [0.25, 0.3) is 0 Å². The van der Waals surface area contributed by atoms with E-state index >= 15 is 0 Å². The Kier molecular flexibility index (Phi) is 7.08. The summed E-state index contributed by atoms with van der Waals surface area (Å²) in [5.74, 6) is 0.884. The minimum atomic E-state index is -0.473. The number of carbonyl (C=O) groups excluding carboxylic acids is 1. The number of urea groups is 1. The van der Waals surface area contributed by atoms with Crippen LogP contribution in [0.15, 0.2) is 24.3 Å². The van der Waals surface area contributed by atoms with Crippen molar-refractivity contribution in [3.05, 3.63) is 39.9 Å². The normalized spacial score (nSPS) is 9.95. The first-order chi connectivity index (χ1) is 9.13. The summed E-state index contributed by atoms with van der Waals surface area (Å²) in [7, 11) is 2.71. The predicted molar refractivity (Wildman–Crippen MR) is 75.3 cm³/mol. The zero-order valence-electron chi connectivity index (χ0n) is 10.1. The SMILES string of the molecule is CCSSNC(=O)NOCc1ccc([N+](=O)[O-])cc1. The molecule has 1 rings (SSSR count). The van der Waals surface area contributed by atoms with Crippen molar-refractivity contribution in [1.29, 1.82) is 0 Å². The number of amides is 2. The van der Waals surface area contributed by atoms with Crippen molar-refractivity contribution < 1.29 is 14.6 Å². The molecule has 1 aromatic rings. The number of nitrogens with zero attached hydrogens (tertiary/aromatic N) is 1. The van der Waals surface area contributed by atoms with Crippen LogP contribution in [0.1, 0.15) is 12.5 Å². The van der Waals surface area contributed by atoms with Gasteiger partial charge in [-0.2, -0.15) is 0 Å². The fraction of sp³-hybridized carbons (Fsp3) is 0.300. The number of nitrogens with one attached hydrogen (secondary N) is 2. The van der Waals surface area contributed by atoms with Gasteiger partial charge in [-0.1, -0.05) is 17.7 Å². The Labute approximate surface area is 118 Å². The zero-order chi connectivity index (χ0) is 14.1. The molecule has 0 radical (unpaired) electrons. The number of hydrogen-bond acceptors (Lipinski definition) is 6. The number of hydroxylamine groups is 1. The topological polar surface area (TPSA) is 93.5 Å². The summed E-state index contributed by atoms with van der Waals surface area (Å²) in [6.45, 7) is 2.11. The van der Waals surface area contributed by atoms with Crippen LogP contribution in [0.3, 0.4) is 0 Å². The molecule has 7 nitrogen and oxygen atoms in total. The minimum absolute atomic E-state index is 0.0162. The molecule has 1 aromatic carbocycles. The van der Waals surface area contributed by atoms with Crippen molar-refractivity contribution in [2.75, 3.05) is 5.75 Å². The zero-order valence-corrected chi connectivity index (χ0v) is 11.8. The van der Waals surface area contributed by atoms with E-state index in [9.17, 15) is 14.9 Å². The molecule has 0 aliphatic heterocycles. The highest BCUT2D eigenvalue weighted by Crippen LogP contribution is 2.15. The van der Waals surface area contributed by atoms with E-state index in [1.165, 1.54) is 33.9 Å². The lowest BCUT2D eigenvalue weighted by molar-refractivity contribution is -0.384. The van der Waals surface area contributed by atoms with Crippen LogP contribution in [0, 0.1) is 10.1 Å². The van der Waals surface area contributed by atoms with Crippen molar-refractivity contribution in [1.82, 2.24) is 10.2 Å². The number of non-ortho nitro benzene ring substituents is 1. The molecule has 2 amide bonds. The van der Waals surface area contributed by atoms with Gasteiger partial charge in [-0.25, -0.2) is 10.3 Å². The molecule has 0 unspecified atom stereocenters. The third kappa shape index (κ3) is 6.32. The molecule has 0 heterocycles. The van der Waals surface area contributed by atoms with Crippen LogP contribution in [0.5, 0.6) is 0 Å². The second-order valence-electron chi connectivity index (χ2n) is 3.24. The molecule has 0 aliphatic carbocycles. The Morgan fingerprint density at radius 3 is 2.68 bits per heavy atom. The quantitative estimate of drug-likeness (QED) is 0.264. The molecule has 0 saturated carbocycles. The van der Waals surface area contributed by atoms with Gasteiger partial charge < -0.3 is 0 Å². The minimum Gasteiger partial charge on any atom is -0.271 e. The average molecular weight is 303 g/mol. The maximum atomic E-state index is 11.2. The molecular weight excluding hydrogens is 290 g/mol. The Morgan fingerprint density at radius 1 is 1.42 bits per heavy atom. The first-order valence-electron chi connectivity index (χ1n) is 5.33. The summed E-state index contributed by atoms with van der Waals surface area (Å²) in [6.07, 6.45) is 0. The van der Waals surface area contributed by atoms with Gasteiger partial charge in [0.25, 0.3) is 5.69 Å². The van der Waals surface area contributed by atoms with E-state index in [0.29, 0.717) is 0 Å². The summed E-state index contributed by atoms with van der Waals surface area (Å²) < 4.78 is 2.51. The van der Waals surface area contributed by atoms with Crippen LogP contribution in [0.2, 0.25) is 0 Å². The smallest absolute Gasteiger partial charge is 0.271 e. The molecule has 0 spiro atoms. The fourth-order valence-electron chi connectivity index (χ4n) is 1.05. The molecule has 9 heteroatoms. The molecular formula is C10H13N3O4S2. The van der Waals surface area contributed by atoms with Crippen molar-refractivity contribution in [2.24, 2.45) is 0 Å². The first kappa shape index (κ1) is 15.6. The summed E-state index contributed by atoms with van der Waals surface area (Å²) in [6, 6.07) is 5.45. The average Bonchev–Trinajstić information content (AvgIpc) is 2.39. The third-order valence-electron chi connectivity index (χ3n) is 1.86. The van der Waals surface area contributed by atoms with E-state index in [4.69, 9.17) is 4.84 Å². The lowest BCUT2D eigenvalue weighted by Crippen LogP contribution is -2.30. The molecule has 19 heavy (non-hydrogen) atoms. The molecule has 0 fully saturated rings. The van der Waals surface area contributed by atoms with Crippen LogP contribution >= 0.6 is 21.8 Å². The number of carbonyl (C=O) groups is 1. The predicted octanol–water partition coefficient (Wildman–Crippen LogP) is 2.64. The number of rotatable bonds is 7. The lowest BCUT2D eigenvalue weighted by Gasteiger charge is -2.06. The highest BCUT2D eigenvalue weighted by molar-refractivity contribution is 8.76. The number of nitro benzene ring substituents is 1. The van der Waals surface area contributed by atoms with Crippen LogP contribution in [-0.2, 0) is 11.4 Å². The number of benzene rings is 1. The second-order valence-corrected chi connectivity index (χ2v) is 5.63. The van der Waals surface area contributed by atoms with Crippen molar-refractivity contribution in [2.45, 2.75) is 13.5 Å². The maximum absolute atomic E-state index is 11.2. The highest BCUT2D eigenvalue weighted by atomic mass is 33.1. The van der Waals surface area contributed by atoms with Crippen LogP contribution in [0.4, 0.5) is 10.5 Å². The van der Waals surface area contributed by atoms with Crippen LogP contribution in [-0.4, -0.2) is 16.7 Å². The van der Waals surface area contributed by atoms with Crippen molar-refractivity contribution in [3.8, 4) is 0 Å². The molecule has 0 saturated heterocycles. The summed E-state index contributed by atoms with van der Waals surface area (Å²) >= 11 is 0. The van der Waals surface area contributed by atoms with E-state index in [1.54, 1.807) is 12.1 Å². The number of hydrogen-bond donors (Lipinski definition) is 2. The van der Waals surface area contributed by atoms with Gasteiger partial charge in [0, 0.05) is 28.9 Å². The van der Waals surface area contributed by atoms with Gasteiger partial charge in [-0.05, 0) is 17.7 Å². The fourth-order valence-corrected chi connectivity index (χ4v) is 2.10. The van der Waals surface area contributed by atoms with E-state index in [2.05, 4.69) is 10.2 Å². The molecule has 0 aliphatic rings. The van der Waals surface area contributed by atoms with Crippen molar-refractivity contribution in [3.63, 3.8) is 0 Å². The van der Waals surface area contributed by atoms with Crippen LogP contribution < -0.4 is 10.2 Å². The van der Waals surface area contributed by atoms with Gasteiger partial charge in [0.2, 0.25) is 0 Å². The van der Waals surface area contributed by atoms with E-state index in [-0.39, 0.29) is 12.3 Å². The molecule has 0 aromatic heterocycles. The maximum Gasteiger partial charge on any atom is 0.349 e. The standard InChI is InChI=1S/C10H13N3O4S2/c1-2-18-19-12-10(14)11-17-7-8-3-5-9(6-4-8)13(15)16/h3-6H,2,7H2,1H3,(H2,11,12,14). The monoisotopic (exact) mass is 303 g/mol. The van der Waals surface area contributed by atoms with Gasteiger partial charge in [0.1, 0.15) is 0 Å². The summed E-state index contributed by atoms with van der Waals surface area (Å²) in [5.41, 5.74) is 2.95. The largest absolute Gasteiger partial charge is 0.349 e. The Bertz CT molecular complexity index is 427. The number of nitro groups is 1. The molecule has 0 bridgehead atoms. The van der Waals surface area contributed by atoms with E-state index in [1.807, 2.05) is 6.92 Å². The Hall–Kier alpha value is -1.45. The van der Waals surface area contributed by atoms with Crippen molar-refractivity contribution >= 4 is 33.5 Å². The van der Waals surface area contributed by atoms with Gasteiger partial charge in [-0.3, -0.25) is 19.7 Å². The lowest BCUT2D eigenvalue weighted by atomic mass is 10.2. The van der Waals surface area contributed by atoms with E-state index in [0.717, 1.165) is 11.3 Å². The van der Waals surface area contributed by atoms with E-state index < -0.39 is 11.0 Å². The summed E-state index contributed by atoms with van der Waals surface area (Å²) in [4.78, 5) is 26.1. The molecule has 0 atom stereocenters. The highest BCUT2D eigenvalue weighted by Gasteiger charge is 2.04. The summed E-state index contributed by atoms with van der Waals surface area (Å²) in [5, 5.41) is 10.4. The van der Waals surface area contributed by atoms with Gasteiger partial charge >= 0.3 is 6.03 Å². The van der Waals surface area contributed by atoms with Gasteiger partial charge in [0.15, 0.2) is 0 Å². The first-order valence-corrected chi connectivity index (χ1v) is 7.65. The Balaban J connectivity index is 2.25. The Morgan fingerprint density at radius 2 is 2.11 bits per heavy atom. The third-order valence-corrected chi connectivity index (χ3v) is 3.79.